The van der Waals surface area contributed by atoms with Crippen LogP contribution in [-0.2, 0) is 6.61 Å². The van der Waals surface area contributed by atoms with Gasteiger partial charge in [-0.15, -0.1) is 0 Å². The van der Waals surface area contributed by atoms with E-state index in [0.717, 1.165) is 11.8 Å². The molecule has 0 bridgehead atoms. The van der Waals surface area contributed by atoms with Gasteiger partial charge in [0.1, 0.15) is 23.7 Å². The molecular weight excluding hydrogens is 284 g/mol. The average Bonchev–Trinajstić information content (AvgIpc) is 2.37. The van der Waals surface area contributed by atoms with Crippen LogP contribution in [0.2, 0.25) is 5.02 Å². The molecule has 0 fully saturated rings. The van der Waals surface area contributed by atoms with Crippen molar-refractivity contribution in [3.63, 3.8) is 0 Å². The summed E-state index contributed by atoms with van der Waals surface area (Å²) >= 11 is 5.83. The Hall–Kier alpha value is -2.34. The summed E-state index contributed by atoms with van der Waals surface area (Å²) in [6.45, 7) is 1.86. The standard InChI is InChI=1S/C13H11ClN2O4/c1-7-4-8(14)2-3-10(7)20-6-11-15-5-9(13(18)19)12(17)16-11/h2-5H,6H2,1H3,(H,18,19)(H,15,16,17). The number of benzene rings is 1. The summed E-state index contributed by atoms with van der Waals surface area (Å²) in [5, 5.41) is 9.33. The summed E-state index contributed by atoms with van der Waals surface area (Å²) in [5.41, 5.74) is -0.266. The lowest BCUT2D eigenvalue weighted by atomic mass is 10.2. The SMILES string of the molecule is Cc1cc(Cl)ccc1OCc1ncc(C(=O)O)c(=O)[nH]1. The van der Waals surface area contributed by atoms with E-state index in [2.05, 4.69) is 9.97 Å². The first-order valence-corrected chi connectivity index (χ1v) is 6.05. The maximum Gasteiger partial charge on any atom is 0.342 e. The van der Waals surface area contributed by atoms with Crippen molar-refractivity contribution >= 4 is 17.6 Å². The minimum Gasteiger partial charge on any atom is -0.485 e. The molecule has 2 aromatic rings. The van der Waals surface area contributed by atoms with Crippen molar-refractivity contribution in [2.75, 3.05) is 0 Å². The molecule has 0 unspecified atom stereocenters. The zero-order valence-electron chi connectivity index (χ0n) is 10.5. The Morgan fingerprint density at radius 3 is 2.85 bits per heavy atom. The van der Waals surface area contributed by atoms with Gasteiger partial charge in [-0.3, -0.25) is 4.79 Å². The van der Waals surface area contributed by atoms with Crippen molar-refractivity contribution in [3.8, 4) is 5.75 Å². The number of rotatable bonds is 4. The van der Waals surface area contributed by atoms with Gasteiger partial charge < -0.3 is 14.8 Å². The summed E-state index contributed by atoms with van der Waals surface area (Å²) in [4.78, 5) is 28.3. The molecule has 7 heteroatoms. The molecule has 1 aromatic heterocycles. The highest BCUT2D eigenvalue weighted by Gasteiger charge is 2.10. The third kappa shape index (κ3) is 3.16. The van der Waals surface area contributed by atoms with E-state index in [4.69, 9.17) is 21.4 Å². The summed E-state index contributed by atoms with van der Waals surface area (Å²) in [5.74, 6) is -0.464. The molecule has 104 valence electrons. The predicted octanol–water partition coefficient (Wildman–Crippen LogP) is 2.01. The lowest BCUT2D eigenvalue weighted by Crippen LogP contribution is -2.20. The zero-order chi connectivity index (χ0) is 14.7. The number of nitrogens with zero attached hydrogens (tertiary/aromatic N) is 1. The summed E-state index contributed by atoms with van der Waals surface area (Å²) < 4.78 is 5.49. The smallest absolute Gasteiger partial charge is 0.342 e. The van der Waals surface area contributed by atoms with Gasteiger partial charge in [0.25, 0.3) is 5.56 Å². The van der Waals surface area contributed by atoms with Crippen LogP contribution in [0.1, 0.15) is 21.7 Å². The van der Waals surface area contributed by atoms with E-state index in [1.165, 1.54) is 0 Å². The van der Waals surface area contributed by atoms with Crippen LogP contribution >= 0.6 is 11.6 Å². The Morgan fingerprint density at radius 1 is 1.50 bits per heavy atom. The number of carboxylic acids is 1. The number of aromatic carboxylic acids is 1. The van der Waals surface area contributed by atoms with Crippen molar-refractivity contribution in [1.82, 2.24) is 9.97 Å². The number of aryl methyl sites for hydroxylation is 1. The number of ether oxygens (including phenoxy) is 1. The molecule has 0 aliphatic carbocycles. The molecule has 0 atom stereocenters. The molecule has 2 rings (SSSR count). The van der Waals surface area contributed by atoms with E-state index in [0.29, 0.717) is 10.8 Å². The van der Waals surface area contributed by atoms with Crippen LogP contribution in [0.3, 0.4) is 0 Å². The van der Waals surface area contributed by atoms with E-state index in [9.17, 15) is 9.59 Å². The van der Waals surface area contributed by atoms with Crippen LogP contribution in [0.15, 0.2) is 29.2 Å². The van der Waals surface area contributed by atoms with E-state index < -0.39 is 17.1 Å². The summed E-state index contributed by atoms with van der Waals surface area (Å²) in [6.07, 6.45) is 1.01. The maximum atomic E-state index is 11.5. The van der Waals surface area contributed by atoms with Crippen LogP contribution < -0.4 is 10.3 Å². The topological polar surface area (TPSA) is 92.3 Å². The number of hydrogen-bond acceptors (Lipinski definition) is 4. The zero-order valence-corrected chi connectivity index (χ0v) is 11.3. The molecule has 0 amide bonds. The van der Waals surface area contributed by atoms with Crippen LogP contribution in [0.5, 0.6) is 5.75 Å². The van der Waals surface area contributed by atoms with Crippen molar-refractivity contribution in [2.45, 2.75) is 13.5 Å². The first kappa shape index (κ1) is 14.1. The first-order valence-electron chi connectivity index (χ1n) is 5.68. The Balaban J connectivity index is 2.13. The van der Waals surface area contributed by atoms with Crippen LogP contribution in [0.25, 0.3) is 0 Å². The number of hydrogen-bond donors (Lipinski definition) is 2. The number of nitrogens with one attached hydrogen (secondary N) is 1. The fourth-order valence-electron chi connectivity index (χ4n) is 1.58. The third-order valence-electron chi connectivity index (χ3n) is 2.58. The molecular formula is C13H11ClN2O4. The van der Waals surface area contributed by atoms with Gasteiger partial charge in [-0.2, -0.15) is 0 Å². The largest absolute Gasteiger partial charge is 0.485 e. The number of H-pyrrole nitrogens is 1. The van der Waals surface area contributed by atoms with Crippen molar-refractivity contribution in [3.05, 3.63) is 56.7 Å². The number of carboxylic acid groups (broad SMARTS) is 1. The van der Waals surface area contributed by atoms with E-state index in [-0.39, 0.29) is 12.4 Å². The lowest BCUT2D eigenvalue weighted by molar-refractivity contribution is 0.0694. The van der Waals surface area contributed by atoms with Gasteiger partial charge in [0.15, 0.2) is 0 Å². The van der Waals surface area contributed by atoms with E-state index >= 15 is 0 Å². The first-order chi connectivity index (χ1) is 9.47. The van der Waals surface area contributed by atoms with E-state index in [1.54, 1.807) is 18.2 Å². The normalized spacial score (nSPS) is 10.3. The molecule has 1 aromatic carbocycles. The second-order valence-corrected chi connectivity index (χ2v) is 4.51. The highest BCUT2D eigenvalue weighted by molar-refractivity contribution is 6.30. The van der Waals surface area contributed by atoms with Gasteiger partial charge in [0.2, 0.25) is 0 Å². The van der Waals surface area contributed by atoms with Gasteiger partial charge in [-0.05, 0) is 30.7 Å². The number of halogens is 1. The average molecular weight is 295 g/mol. The van der Waals surface area contributed by atoms with Gasteiger partial charge in [-0.25, -0.2) is 9.78 Å². The number of carbonyl (C=O) groups is 1. The Kier molecular flexibility index (Phi) is 4.05. The summed E-state index contributed by atoms with van der Waals surface area (Å²) in [6, 6.07) is 5.15. The quantitative estimate of drug-likeness (QED) is 0.900. The van der Waals surface area contributed by atoms with Gasteiger partial charge in [0.05, 0.1) is 0 Å². The molecule has 0 aliphatic heterocycles. The molecule has 1 heterocycles. The highest BCUT2D eigenvalue weighted by Crippen LogP contribution is 2.22. The number of aromatic amines is 1. The third-order valence-corrected chi connectivity index (χ3v) is 2.82. The molecule has 2 N–H and O–H groups in total. The van der Waals surface area contributed by atoms with Crippen molar-refractivity contribution < 1.29 is 14.6 Å². The van der Waals surface area contributed by atoms with Crippen molar-refractivity contribution in [2.24, 2.45) is 0 Å². The van der Waals surface area contributed by atoms with Crippen LogP contribution in [0, 0.1) is 6.92 Å². The van der Waals surface area contributed by atoms with Gasteiger partial charge in [0, 0.05) is 11.2 Å². The number of aromatic nitrogens is 2. The van der Waals surface area contributed by atoms with Crippen LogP contribution in [-0.4, -0.2) is 21.0 Å². The fourth-order valence-corrected chi connectivity index (χ4v) is 1.80. The fraction of sp³-hybridized carbons (Fsp3) is 0.154. The highest BCUT2D eigenvalue weighted by atomic mass is 35.5. The van der Waals surface area contributed by atoms with Gasteiger partial charge in [-0.1, -0.05) is 11.6 Å². The monoisotopic (exact) mass is 294 g/mol. The summed E-state index contributed by atoms with van der Waals surface area (Å²) in [7, 11) is 0. The predicted molar refractivity (Wildman–Crippen MR) is 72.3 cm³/mol. The van der Waals surface area contributed by atoms with Crippen molar-refractivity contribution in [1.29, 1.82) is 0 Å². The second-order valence-electron chi connectivity index (χ2n) is 4.08. The molecule has 20 heavy (non-hydrogen) atoms. The molecule has 0 aliphatic rings. The molecule has 6 nitrogen and oxygen atoms in total. The molecule has 0 saturated heterocycles. The molecule has 0 saturated carbocycles. The Morgan fingerprint density at radius 2 is 2.25 bits per heavy atom. The Labute approximate surface area is 119 Å². The Bertz CT molecular complexity index is 712. The van der Waals surface area contributed by atoms with Gasteiger partial charge >= 0.3 is 5.97 Å². The minimum atomic E-state index is -1.32. The van der Waals surface area contributed by atoms with E-state index in [1.807, 2.05) is 6.92 Å². The molecule has 0 radical (unpaired) electrons. The lowest BCUT2D eigenvalue weighted by Gasteiger charge is -2.08. The maximum absolute atomic E-state index is 11.5. The molecule has 0 spiro atoms. The second kappa shape index (κ2) is 5.75. The minimum absolute atomic E-state index is 0.0254. The van der Waals surface area contributed by atoms with Crippen LogP contribution in [0.4, 0.5) is 0 Å².